The third-order valence-electron chi connectivity index (χ3n) is 5.20. The first-order valence-electron chi connectivity index (χ1n) is 11.9. The van der Waals surface area contributed by atoms with Gasteiger partial charge in [-0.1, -0.05) is 117 Å². The zero-order valence-electron chi connectivity index (χ0n) is 18.9. The Hall–Kier alpha value is -0.510. The van der Waals surface area contributed by atoms with Crippen molar-refractivity contribution in [3.8, 4) is 0 Å². The molecule has 0 fully saturated rings. The normalized spacial score (nSPS) is 10.5. The summed E-state index contributed by atoms with van der Waals surface area (Å²) in [5, 5.41) is 0. The quantitative estimate of drug-likeness (QED) is 0.115. The van der Waals surface area contributed by atoms with Crippen LogP contribution in [0.3, 0.4) is 0 Å². The lowest BCUT2D eigenvalue weighted by Gasteiger charge is -2.04. The van der Waals surface area contributed by atoms with Gasteiger partial charge >= 0.3 is 11.9 Å². The molecule has 0 rings (SSSR count). The van der Waals surface area contributed by atoms with Crippen molar-refractivity contribution in [2.75, 3.05) is 0 Å². The van der Waals surface area contributed by atoms with Crippen molar-refractivity contribution >= 4 is 25.4 Å². The maximum atomic E-state index is 11.7. The fourth-order valence-corrected chi connectivity index (χ4v) is 3.39. The second kappa shape index (κ2) is 24.5. The summed E-state index contributed by atoms with van der Waals surface area (Å²) >= 11 is 0. The summed E-state index contributed by atoms with van der Waals surface area (Å²) in [7, 11) is 0. The molecule has 4 heteroatoms. The van der Waals surface area contributed by atoms with E-state index in [0.717, 1.165) is 25.7 Å². The highest BCUT2D eigenvalue weighted by Crippen LogP contribution is 2.12. The van der Waals surface area contributed by atoms with E-state index in [4.69, 9.17) is 4.74 Å². The Morgan fingerprint density at radius 2 is 0.714 bits per heavy atom. The largest absolute Gasteiger partial charge is 0.393 e. The summed E-state index contributed by atoms with van der Waals surface area (Å²) in [6, 6.07) is 0. The van der Waals surface area contributed by atoms with E-state index in [-0.39, 0.29) is 25.4 Å². The molecule has 0 aliphatic heterocycles. The SMILES string of the molecule is CCCCCCCCCCCC(=O)OC(=O)CCCCCCCCCCC.S. The Bertz CT molecular complexity index is 313. The lowest BCUT2D eigenvalue weighted by molar-refractivity contribution is -0.159. The van der Waals surface area contributed by atoms with Crippen LogP contribution in [-0.4, -0.2) is 11.9 Å². The smallest absolute Gasteiger partial charge is 0.313 e. The van der Waals surface area contributed by atoms with Gasteiger partial charge in [0.15, 0.2) is 0 Å². The Morgan fingerprint density at radius 3 is 1.00 bits per heavy atom. The van der Waals surface area contributed by atoms with Crippen molar-refractivity contribution in [1.82, 2.24) is 0 Å². The zero-order valence-corrected chi connectivity index (χ0v) is 19.9. The highest BCUT2D eigenvalue weighted by Gasteiger charge is 2.09. The molecular weight excluding hydrogens is 368 g/mol. The van der Waals surface area contributed by atoms with Gasteiger partial charge in [-0.2, -0.15) is 13.5 Å². The first-order valence-corrected chi connectivity index (χ1v) is 11.9. The van der Waals surface area contributed by atoms with Gasteiger partial charge in [0.2, 0.25) is 0 Å². The fraction of sp³-hybridized carbons (Fsp3) is 0.917. The molecule has 0 aromatic carbocycles. The number of esters is 2. The maximum Gasteiger partial charge on any atom is 0.313 e. The van der Waals surface area contributed by atoms with Crippen molar-refractivity contribution < 1.29 is 14.3 Å². The van der Waals surface area contributed by atoms with Crippen molar-refractivity contribution in [3.05, 3.63) is 0 Å². The number of hydrogen-bond donors (Lipinski definition) is 0. The van der Waals surface area contributed by atoms with Gasteiger partial charge in [0, 0.05) is 12.8 Å². The summed E-state index contributed by atoms with van der Waals surface area (Å²) in [6.45, 7) is 4.47. The van der Waals surface area contributed by atoms with Gasteiger partial charge in [-0.15, -0.1) is 0 Å². The van der Waals surface area contributed by atoms with Gasteiger partial charge in [0.25, 0.3) is 0 Å². The molecular formula is C24H48O3S. The van der Waals surface area contributed by atoms with E-state index < -0.39 is 0 Å². The predicted molar refractivity (Wildman–Crippen MR) is 125 cm³/mol. The van der Waals surface area contributed by atoms with E-state index in [9.17, 15) is 9.59 Å². The van der Waals surface area contributed by atoms with Crippen LogP contribution in [0.25, 0.3) is 0 Å². The van der Waals surface area contributed by atoms with Gasteiger partial charge in [0.05, 0.1) is 0 Å². The highest BCUT2D eigenvalue weighted by molar-refractivity contribution is 7.59. The molecule has 28 heavy (non-hydrogen) atoms. The topological polar surface area (TPSA) is 43.4 Å². The van der Waals surface area contributed by atoms with Crippen LogP contribution in [0.4, 0.5) is 0 Å². The minimum absolute atomic E-state index is 0. The van der Waals surface area contributed by atoms with Crippen LogP contribution in [-0.2, 0) is 14.3 Å². The molecule has 168 valence electrons. The minimum Gasteiger partial charge on any atom is -0.393 e. The second-order valence-electron chi connectivity index (χ2n) is 8.00. The molecule has 0 N–H and O–H groups in total. The number of carbonyl (C=O) groups excluding carboxylic acids is 2. The molecule has 0 saturated carbocycles. The van der Waals surface area contributed by atoms with Crippen molar-refractivity contribution in [2.45, 2.75) is 142 Å². The molecule has 0 radical (unpaired) electrons. The summed E-state index contributed by atoms with van der Waals surface area (Å²) in [6.07, 6.45) is 22.8. The molecule has 0 unspecified atom stereocenters. The molecule has 0 atom stereocenters. The first-order chi connectivity index (χ1) is 13.2. The lowest BCUT2D eigenvalue weighted by Crippen LogP contribution is -2.11. The number of unbranched alkanes of at least 4 members (excludes halogenated alkanes) is 16. The summed E-state index contributed by atoms with van der Waals surface area (Å²) in [4.78, 5) is 23.4. The van der Waals surface area contributed by atoms with Gasteiger partial charge in [-0.3, -0.25) is 9.59 Å². The van der Waals surface area contributed by atoms with Crippen molar-refractivity contribution in [3.63, 3.8) is 0 Å². The van der Waals surface area contributed by atoms with Crippen LogP contribution in [0.5, 0.6) is 0 Å². The number of rotatable bonds is 20. The third-order valence-corrected chi connectivity index (χ3v) is 5.20. The van der Waals surface area contributed by atoms with Crippen LogP contribution in [0, 0.1) is 0 Å². The molecule has 0 aromatic rings. The lowest BCUT2D eigenvalue weighted by atomic mass is 10.1. The van der Waals surface area contributed by atoms with Crippen LogP contribution < -0.4 is 0 Å². The molecule has 0 bridgehead atoms. The Balaban J connectivity index is 0. The molecule has 0 spiro atoms. The van der Waals surface area contributed by atoms with Crippen LogP contribution in [0.15, 0.2) is 0 Å². The summed E-state index contributed by atoms with van der Waals surface area (Å²) in [5.74, 6) is -0.669. The van der Waals surface area contributed by atoms with E-state index in [1.807, 2.05) is 0 Å². The van der Waals surface area contributed by atoms with E-state index in [1.165, 1.54) is 89.9 Å². The van der Waals surface area contributed by atoms with Gasteiger partial charge in [-0.05, 0) is 12.8 Å². The monoisotopic (exact) mass is 416 g/mol. The maximum absolute atomic E-state index is 11.7. The highest BCUT2D eigenvalue weighted by atomic mass is 32.1. The number of ether oxygens (including phenoxy) is 1. The van der Waals surface area contributed by atoms with Crippen LogP contribution >= 0.6 is 13.5 Å². The average molecular weight is 417 g/mol. The minimum atomic E-state index is -0.334. The van der Waals surface area contributed by atoms with E-state index >= 15 is 0 Å². The second-order valence-corrected chi connectivity index (χ2v) is 8.00. The molecule has 0 aliphatic carbocycles. The van der Waals surface area contributed by atoms with Gasteiger partial charge < -0.3 is 4.74 Å². The Kier molecular flexibility index (Phi) is 26.0. The van der Waals surface area contributed by atoms with Gasteiger partial charge in [-0.25, -0.2) is 0 Å². The molecule has 3 nitrogen and oxygen atoms in total. The predicted octanol–water partition coefficient (Wildman–Crippen LogP) is 8.01. The number of hydrogen-bond acceptors (Lipinski definition) is 3. The van der Waals surface area contributed by atoms with E-state index in [2.05, 4.69) is 13.8 Å². The third kappa shape index (κ3) is 23.5. The average Bonchev–Trinajstić information content (AvgIpc) is 2.65. The molecule has 0 heterocycles. The molecule has 0 saturated heterocycles. The van der Waals surface area contributed by atoms with E-state index in [0.29, 0.717) is 12.8 Å². The first kappa shape index (κ1) is 29.7. The van der Waals surface area contributed by atoms with Crippen LogP contribution in [0.1, 0.15) is 142 Å². The van der Waals surface area contributed by atoms with E-state index in [1.54, 1.807) is 0 Å². The Morgan fingerprint density at radius 1 is 0.464 bits per heavy atom. The fourth-order valence-electron chi connectivity index (χ4n) is 3.39. The molecule has 0 aliphatic rings. The standard InChI is InChI=1S/C24H46O3.H2S/c1-3-5-7-9-11-13-15-17-19-21-23(25)27-24(26)22-20-18-16-14-12-10-8-6-4-2;/h3-22H2,1-2H3;1H2. The zero-order chi connectivity index (χ0) is 20.0. The summed E-state index contributed by atoms with van der Waals surface area (Å²) < 4.78 is 4.92. The van der Waals surface area contributed by atoms with Crippen molar-refractivity contribution in [1.29, 1.82) is 0 Å². The van der Waals surface area contributed by atoms with Crippen LogP contribution in [0.2, 0.25) is 0 Å². The number of carbonyl (C=O) groups is 2. The summed E-state index contributed by atoms with van der Waals surface area (Å²) in [5.41, 5.74) is 0. The Labute approximate surface area is 182 Å². The molecule has 0 amide bonds. The molecule has 0 aromatic heterocycles. The van der Waals surface area contributed by atoms with Gasteiger partial charge in [0.1, 0.15) is 0 Å². The van der Waals surface area contributed by atoms with Crippen molar-refractivity contribution in [2.24, 2.45) is 0 Å².